The largest absolute Gasteiger partial charge is 0.471 e. The number of hydrogen-bond donors (Lipinski definition) is 0. The standard InChI is InChI=1S/C16H16ClN3O2/c1-11-5-6-15(19-18-11)22-14-7-8-20(10-14)16(21)12-3-2-4-13(17)9-12/h2-6,9,14H,7-8,10H2,1H3. The quantitative estimate of drug-likeness (QED) is 0.873. The first kappa shape index (κ1) is 14.8. The number of rotatable bonds is 3. The van der Waals surface area contributed by atoms with Crippen LogP contribution >= 0.6 is 11.6 Å². The molecule has 3 rings (SSSR count). The minimum atomic E-state index is -0.0554. The fourth-order valence-electron chi connectivity index (χ4n) is 2.43. The number of likely N-dealkylation sites (tertiary alicyclic amines) is 1. The van der Waals surface area contributed by atoms with Crippen LogP contribution in [0, 0.1) is 6.92 Å². The van der Waals surface area contributed by atoms with Crippen LogP contribution in [0.3, 0.4) is 0 Å². The first-order chi connectivity index (χ1) is 10.6. The normalized spacial score (nSPS) is 17.5. The third kappa shape index (κ3) is 3.36. The average molecular weight is 318 g/mol. The predicted octanol–water partition coefficient (Wildman–Crippen LogP) is 2.73. The van der Waals surface area contributed by atoms with Crippen molar-refractivity contribution in [3.63, 3.8) is 0 Å². The van der Waals surface area contributed by atoms with Gasteiger partial charge in [-0.1, -0.05) is 17.7 Å². The Kier molecular flexibility index (Phi) is 4.24. The SMILES string of the molecule is Cc1ccc(OC2CCN(C(=O)c3cccc(Cl)c3)C2)nn1. The maximum Gasteiger partial charge on any atom is 0.254 e. The molecule has 1 aromatic carbocycles. The maximum absolute atomic E-state index is 12.4. The maximum atomic E-state index is 12.4. The molecule has 22 heavy (non-hydrogen) atoms. The van der Waals surface area contributed by atoms with Gasteiger partial charge in [0, 0.05) is 29.6 Å². The van der Waals surface area contributed by atoms with Gasteiger partial charge in [0.05, 0.1) is 12.2 Å². The number of halogens is 1. The summed E-state index contributed by atoms with van der Waals surface area (Å²) in [6.07, 6.45) is 0.724. The molecule has 6 heteroatoms. The molecule has 1 unspecified atom stereocenters. The molecular formula is C16H16ClN3O2. The third-order valence-corrected chi connectivity index (χ3v) is 3.80. The van der Waals surface area contributed by atoms with Gasteiger partial charge in [-0.05, 0) is 31.2 Å². The Morgan fingerprint density at radius 1 is 1.32 bits per heavy atom. The Morgan fingerprint density at radius 3 is 2.91 bits per heavy atom. The van der Waals surface area contributed by atoms with E-state index < -0.39 is 0 Å². The van der Waals surface area contributed by atoms with Crippen LogP contribution in [0.5, 0.6) is 5.88 Å². The average Bonchev–Trinajstić information content (AvgIpc) is 2.97. The Bertz CT molecular complexity index is 675. The Morgan fingerprint density at radius 2 is 2.18 bits per heavy atom. The van der Waals surface area contributed by atoms with Crippen molar-refractivity contribution in [1.29, 1.82) is 0 Å². The minimum Gasteiger partial charge on any atom is -0.471 e. The summed E-state index contributed by atoms with van der Waals surface area (Å²) in [6.45, 7) is 3.08. The number of carbonyl (C=O) groups excluding carboxylic acids is 1. The van der Waals surface area contributed by atoms with Crippen LogP contribution in [0.1, 0.15) is 22.5 Å². The summed E-state index contributed by atoms with van der Waals surface area (Å²) in [4.78, 5) is 14.2. The summed E-state index contributed by atoms with van der Waals surface area (Å²) in [5.74, 6) is 0.469. The highest BCUT2D eigenvalue weighted by molar-refractivity contribution is 6.30. The zero-order valence-corrected chi connectivity index (χ0v) is 13.0. The summed E-state index contributed by atoms with van der Waals surface area (Å²) in [5.41, 5.74) is 1.44. The van der Waals surface area contributed by atoms with Crippen LogP contribution in [0.2, 0.25) is 5.02 Å². The molecule has 1 saturated heterocycles. The van der Waals surface area contributed by atoms with Crippen molar-refractivity contribution >= 4 is 17.5 Å². The second-order valence-corrected chi connectivity index (χ2v) is 5.74. The first-order valence-electron chi connectivity index (χ1n) is 7.13. The van der Waals surface area contributed by atoms with Gasteiger partial charge < -0.3 is 9.64 Å². The topological polar surface area (TPSA) is 55.3 Å². The first-order valence-corrected chi connectivity index (χ1v) is 7.51. The van der Waals surface area contributed by atoms with E-state index in [0.717, 1.165) is 12.1 Å². The summed E-state index contributed by atoms with van der Waals surface area (Å²) < 4.78 is 5.78. The fraction of sp³-hybridized carbons (Fsp3) is 0.312. The van der Waals surface area contributed by atoms with Gasteiger partial charge in [-0.25, -0.2) is 0 Å². The number of hydrogen-bond acceptors (Lipinski definition) is 4. The summed E-state index contributed by atoms with van der Waals surface area (Å²) in [6, 6.07) is 10.6. The Hall–Kier alpha value is -2.14. The number of aromatic nitrogens is 2. The zero-order valence-electron chi connectivity index (χ0n) is 12.2. The van der Waals surface area contributed by atoms with Crippen molar-refractivity contribution in [2.45, 2.75) is 19.4 Å². The highest BCUT2D eigenvalue weighted by Crippen LogP contribution is 2.19. The third-order valence-electron chi connectivity index (χ3n) is 3.56. The summed E-state index contributed by atoms with van der Waals surface area (Å²) in [5, 5.41) is 8.51. The molecule has 2 heterocycles. The van der Waals surface area contributed by atoms with E-state index in [1.807, 2.05) is 13.0 Å². The second-order valence-electron chi connectivity index (χ2n) is 5.30. The van der Waals surface area contributed by atoms with Crippen LogP contribution in [-0.2, 0) is 0 Å². The number of aryl methyl sites for hydroxylation is 1. The van der Waals surface area contributed by atoms with Gasteiger partial charge in [0.25, 0.3) is 5.91 Å². The fourth-order valence-corrected chi connectivity index (χ4v) is 2.62. The molecule has 1 aromatic heterocycles. The van der Waals surface area contributed by atoms with Crippen LogP contribution in [-0.4, -0.2) is 40.2 Å². The number of carbonyl (C=O) groups is 1. The Labute approximate surface area is 133 Å². The molecule has 1 amide bonds. The molecule has 1 atom stereocenters. The lowest BCUT2D eigenvalue weighted by atomic mass is 10.2. The van der Waals surface area contributed by atoms with Crippen molar-refractivity contribution in [3.8, 4) is 5.88 Å². The van der Waals surface area contributed by atoms with E-state index in [0.29, 0.717) is 29.6 Å². The number of benzene rings is 1. The van der Waals surface area contributed by atoms with E-state index in [9.17, 15) is 4.79 Å². The van der Waals surface area contributed by atoms with E-state index in [1.54, 1.807) is 35.2 Å². The van der Waals surface area contributed by atoms with Gasteiger partial charge >= 0.3 is 0 Å². The van der Waals surface area contributed by atoms with Gasteiger partial charge in [0.2, 0.25) is 5.88 Å². The van der Waals surface area contributed by atoms with Crippen LogP contribution in [0.4, 0.5) is 0 Å². The van der Waals surface area contributed by atoms with Crippen LogP contribution in [0.25, 0.3) is 0 Å². The highest BCUT2D eigenvalue weighted by Gasteiger charge is 2.28. The van der Waals surface area contributed by atoms with Gasteiger partial charge in [0.15, 0.2) is 0 Å². The van der Waals surface area contributed by atoms with Gasteiger partial charge in [-0.2, -0.15) is 5.10 Å². The minimum absolute atomic E-state index is 0.0245. The molecule has 1 aliphatic heterocycles. The monoisotopic (exact) mass is 317 g/mol. The van der Waals surface area contributed by atoms with Crippen molar-refractivity contribution < 1.29 is 9.53 Å². The number of amides is 1. The van der Waals surface area contributed by atoms with Gasteiger partial charge in [-0.15, -0.1) is 5.10 Å². The van der Waals surface area contributed by atoms with Crippen molar-refractivity contribution in [2.75, 3.05) is 13.1 Å². The smallest absolute Gasteiger partial charge is 0.254 e. The van der Waals surface area contributed by atoms with Crippen LogP contribution in [0.15, 0.2) is 36.4 Å². The molecule has 1 aliphatic rings. The van der Waals surface area contributed by atoms with Crippen molar-refractivity contribution in [2.24, 2.45) is 0 Å². The van der Waals surface area contributed by atoms with Gasteiger partial charge in [0.1, 0.15) is 6.10 Å². The zero-order chi connectivity index (χ0) is 15.5. The van der Waals surface area contributed by atoms with Crippen molar-refractivity contribution in [3.05, 3.63) is 52.7 Å². The lowest BCUT2D eigenvalue weighted by Gasteiger charge is -2.17. The molecular weight excluding hydrogens is 302 g/mol. The van der Waals surface area contributed by atoms with E-state index in [-0.39, 0.29) is 12.0 Å². The molecule has 0 aliphatic carbocycles. The highest BCUT2D eigenvalue weighted by atomic mass is 35.5. The van der Waals surface area contributed by atoms with Crippen molar-refractivity contribution in [1.82, 2.24) is 15.1 Å². The van der Waals surface area contributed by atoms with E-state index in [2.05, 4.69) is 10.2 Å². The van der Waals surface area contributed by atoms with Crippen LogP contribution < -0.4 is 4.74 Å². The number of ether oxygens (including phenoxy) is 1. The summed E-state index contributed by atoms with van der Waals surface area (Å²) >= 11 is 5.93. The number of nitrogens with zero attached hydrogens (tertiary/aromatic N) is 3. The lowest BCUT2D eigenvalue weighted by molar-refractivity contribution is 0.0771. The van der Waals surface area contributed by atoms with E-state index >= 15 is 0 Å². The molecule has 0 N–H and O–H groups in total. The molecule has 2 aromatic rings. The van der Waals surface area contributed by atoms with E-state index in [4.69, 9.17) is 16.3 Å². The molecule has 0 saturated carbocycles. The second kappa shape index (κ2) is 6.32. The van der Waals surface area contributed by atoms with Gasteiger partial charge in [-0.3, -0.25) is 4.79 Å². The molecule has 114 valence electrons. The molecule has 5 nitrogen and oxygen atoms in total. The molecule has 0 bridgehead atoms. The molecule has 1 fully saturated rings. The summed E-state index contributed by atoms with van der Waals surface area (Å²) in [7, 11) is 0. The lowest BCUT2D eigenvalue weighted by Crippen LogP contribution is -2.31. The molecule has 0 spiro atoms. The predicted molar refractivity (Wildman–Crippen MR) is 83.2 cm³/mol. The Balaban J connectivity index is 1.62. The van der Waals surface area contributed by atoms with E-state index in [1.165, 1.54) is 0 Å². The molecule has 0 radical (unpaired) electrons.